The number of amides is 1. The summed E-state index contributed by atoms with van der Waals surface area (Å²) in [7, 11) is 0. The average molecular weight is 476 g/mol. The first-order valence-electron chi connectivity index (χ1n) is 11.4. The maximum atomic E-state index is 12.6. The molecule has 0 atom stereocenters. The molecule has 174 valence electrons. The Balaban J connectivity index is 1.28. The van der Waals surface area contributed by atoms with Crippen LogP contribution >= 0.6 is 23.1 Å². The van der Waals surface area contributed by atoms with Crippen LogP contribution in [0, 0.1) is 13.8 Å². The zero-order chi connectivity index (χ0) is 22.4. The molecule has 9 heteroatoms. The quantitative estimate of drug-likeness (QED) is 0.556. The van der Waals surface area contributed by atoms with Gasteiger partial charge >= 0.3 is 0 Å². The molecular formula is C23H33N5O2S2. The molecule has 0 bridgehead atoms. The number of nitrogens with zero attached hydrogens (tertiary/aromatic N) is 3. The van der Waals surface area contributed by atoms with E-state index in [1.807, 2.05) is 12.1 Å². The summed E-state index contributed by atoms with van der Waals surface area (Å²) in [5.41, 5.74) is 3.57. The summed E-state index contributed by atoms with van der Waals surface area (Å²) in [6.07, 6.45) is 6.09. The Morgan fingerprint density at radius 3 is 2.75 bits per heavy atom. The van der Waals surface area contributed by atoms with E-state index < -0.39 is 0 Å². The van der Waals surface area contributed by atoms with Crippen molar-refractivity contribution in [3.63, 3.8) is 0 Å². The van der Waals surface area contributed by atoms with Gasteiger partial charge < -0.3 is 15.4 Å². The first-order chi connectivity index (χ1) is 15.6. The number of anilines is 2. The van der Waals surface area contributed by atoms with E-state index >= 15 is 0 Å². The van der Waals surface area contributed by atoms with Gasteiger partial charge in [-0.2, -0.15) is 0 Å². The van der Waals surface area contributed by atoms with Crippen molar-refractivity contribution in [3.8, 4) is 0 Å². The molecule has 1 saturated carbocycles. The second-order valence-corrected chi connectivity index (χ2v) is 10.9. The van der Waals surface area contributed by atoms with Gasteiger partial charge in [0.05, 0.1) is 19.0 Å². The van der Waals surface area contributed by atoms with Gasteiger partial charge in [-0.1, -0.05) is 54.5 Å². The molecule has 1 aromatic heterocycles. The van der Waals surface area contributed by atoms with Gasteiger partial charge in [0.15, 0.2) is 4.34 Å². The van der Waals surface area contributed by atoms with E-state index in [1.165, 1.54) is 53.5 Å². The van der Waals surface area contributed by atoms with E-state index in [2.05, 4.69) is 45.6 Å². The Labute approximate surface area is 198 Å². The number of thioether (sulfide) groups is 1. The third-order valence-electron chi connectivity index (χ3n) is 6.66. The van der Waals surface area contributed by atoms with Gasteiger partial charge in [-0.15, -0.1) is 10.2 Å². The summed E-state index contributed by atoms with van der Waals surface area (Å²) in [6, 6.07) is 6.16. The van der Waals surface area contributed by atoms with Crippen LogP contribution in [0.2, 0.25) is 0 Å². The smallest absolute Gasteiger partial charge is 0.230 e. The van der Waals surface area contributed by atoms with Crippen LogP contribution in [0.1, 0.15) is 43.2 Å². The Morgan fingerprint density at radius 1 is 1.19 bits per heavy atom. The number of carbonyl (C=O) groups is 1. The Morgan fingerprint density at radius 2 is 1.97 bits per heavy atom. The molecule has 1 saturated heterocycles. The highest BCUT2D eigenvalue weighted by atomic mass is 32.2. The molecule has 32 heavy (non-hydrogen) atoms. The lowest BCUT2D eigenvalue weighted by atomic mass is 9.79. The van der Waals surface area contributed by atoms with Crippen LogP contribution in [0.4, 0.5) is 10.8 Å². The topological polar surface area (TPSA) is 79.4 Å². The number of carbonyl (C=O) groups excluding carboxylic acids is 1. The molecule has 2 fully saturated rings. The number of rotatable bonds is 8. The maximum absolute atomic E-state index is 12.6. The monoisotopic (exact) mass is 475 g/mol. The highest BCUT2D eigenvalue weighted by molar-refractivity contribution is 8.01. The zero-order valence-electron chi connectivity index (χ0n) is 19.0. The molecule has 0 unspecified atom stereocenters. The number of hydrogen-bond acceptors (Lipinski definition) is 8. The van der Waals surface area contributed by atoms with Crippen molar-refractivity contribution >= 4 is 39.8 Å². The standard InChI is InChI=1S/C23H33N5O2S2/c1-17-7-6-8-19(18(17)2)25-21-26-27-22(32-21)31-15-20(29)24-16-23(9-4-3-5-10-23)28-11-13-30-14-12-28/h6-8H,3-5,9-16H2,1-2H3,(H,24,29)(H,25,26). The number of ether oxygens (including phenoxy) is 1. The number of nitrogens with one attached hydrogen (secondary N) is 2. The minimum absolute atomic E-state index is 0.0624. The predicted molar refractivity (Wildman–Crippen MR) is 131 cm³/mol. The molecule has 2 aromatic rings. The molecule has 2 aliphatic rings. The van der Waals surface area contributed by atoms with E-state index in [9.17, 15) is 4.79 Å². The van der Waals surface area contributed by atoms with Crippen molar-refractivity contribution in [1.82, 2.24) is 20.4 Å². The predicted octanol–water partition coefficient (Wildman–Crippen LogP) is 4.14. The van der Waals surface area contributed by atoms with Gasteiger partial charge in [-0.3, -0.25) is 9.69 Å². The van der Waals surface area contributed by atoms with E-state index in [1.54, 1.807) is 0 Å². The van der Waals surface area contributed by atoms with Crippen molar-refractivity contribution < 1.29 is 9.53 Å². The molecule has 1 aliphatic carbocycles. The second-order valence-electron chi connectivity index (χ2n) is 8.70. The minimum Gasteiger partial charge on any atom is -0.379 e. The SMILES string of the molecule is Cc1cccc(Nc2nnc(SCC(=O)NCC3(N4CCOCC4)CCCCC3)s2)c1C. The number of benzene rings is 1. The zero-order valence-corrected chi connectivity index (χ0v) is 20.6. The van der Waals surface area contributed by atoms with Crippen molar-refractivity contribution in [2.45, 2.75) is 55.8 Å². The Bertz CT molecular complexity index is 908. The summed E-state index contributed by atoms with van der Waals surface area (Å²) in [6.45, 7) is 8.42. The van der Waals surface area contributed by atoms with E-state index in [0.717, 1.165) is 60.8 Å². The number of morpholine rings is 1. The summed E-state index contributed by atoms with van der Waals surface area (Å²) < 4.78 is 6.35. The van der Waals surface area contributed by atoms with Gasteiger partial charge in [0.25, 0.3) is 0 Å². The molecule has 2 N–H and O–H groups in total. The third kappa shape index (κ3) is 5.81. The molecule has 4 rings (SSSR count). The number of aromatic nitrogens is 2. The lowest BCUT2D eigenvalue weighted by Crippen LogP contribution is -2.59. The lowest BCUT2D eigenvalue weighted by molar-refractivity contribution is -0.119. The molecule has 1 aromatic carbocycles. The van der Waals surface area contributed by atoms with Crippen LogP contribution in [0.25, 0.3) is 0 Å². The number of hydrogen-bond donors (Lipinski definition) is 2. The fourth-order valence-corrected chi connectivity index (χ4v) is 6.21. The van der Waals surface area contributed by atoms with Crippen molar-refractivity contribution in [1.29, 1.82) is 0 Å². The van der Waals surface area contributed by atoms with Crippen LogP contribution < -0.4 is 10.6 Å². The fraction of sp³-hybridized carbons (Fsp3) is 0.609. The highest BCUT2D eigenvalue weighted by Crippen LogP contribution is 2.34. The summed E-state index contributed by atoms with van der Waals surface area (Å²) in [4.78, 5) is 15.2. The van der Waals surface area contributed by atoms with Crippen molar-refractivity contribution in [3.05, 3.63) is 29.3 Å². The normalized spacial score (nSPS) is 18.9. The first kappa shape index (κ1) is 23.5. The molecule has 2 heterocycles. The van der Waals surface area contributed by atoms with E-state index in [4.69, 9.17) is 4.74 Å². The Kier molecular flexibility index (Phi) is 8.04. The first-order valence-corrected chi connectivity index (χ1v) is 13.2. The van der Waals surface area contributed by atoms with Crippen LogP contribution in [0.15, 0.2) is 22.5 Å². The minimum atomic E-state index is 0.0624. The van der Waals surface area contributed by atoms with Crippen LogP contribution in [0.5, 0.6) is 0 Å². The molecule has 0 radical (unpaired) electrons. The van der Waals surface area contributed by atoms with Crippen molar-refractivity contribution in [2.75, 3.05) is 43.9 Å². The van der Waals surface area contributed by atoms with E-state index in [0.29, 0.717) is 5.75 Å². The molecule has 0 spiro atoms. The van der Waals surface area contributed by atoms with Crippen LogP contribution in [-0.4, -0.2) is 65.1 Å². The number of aryl methyl sites for hydroxylation is 1. The highest BCUT2D eigenvalue weighted by Gasteiger charge is 2.38. The van der Waals surface area contributed by atoms with Gasteiger partial charge in [0.2, 0.25) is 11.0 Å². The Hall–Kier alpha value is -1.68. The molecule has 1 aliphatic heterocycles. The molecule has 1 amide bonds. The summed E-state index contributed by atoms with van der Waals surface area (Å²) >= 11 is 2.93. The van der Waals surface area contributed by atoms with Gasteiger partial charge in [0.1, 0.15) is 0 Å². The maximum Gasteiger partial charge on any atom is 0.230 e. The fourth-order valence-electron chi connectivity index (χ4n) is 4.61. The average Bonchev–Trinajstić information content (AvgIpc) is 3.28. The summed E-state index contributed by atoms with van der Waals surface area (Å²) in [5, 5.41) is 15.8. The largest absolute Gasteiger partial charge is 0.379 e. The van der Waals surface area contributed by atoms with Gasteiger partial charge in [-0.05, 0) is 43.9 Å². The van der Waals surface area contributed by atoms with Crippen LogP contribution in [-0.2, 0) is 9.53 Å². The van der Waals surface area contributed by atoms with Crippen LogP contribution in [0.3, 0.4) is 0 Å². The molecule has 7 nitrogen and oxygen atoms in total. The summed E-state index contributed by atoms with van der Waals surface area (Å²) in [5.74, 6) is 0.421. The van der Waals surface area contributed by atoms with Crippen molar-refractivity contribution in [2.24, 2.45) is 0 Å². The molecular weight excluding hydrogens is 442 g/mol. The van der Waals surface area contributed by atoms with Gasteiger partial charge in [0, 0.05) is 30.9 Å². The third-order valence-corrected chi connectivity index (χ3v) is 8.63. The van der Waals surface area contributed by atoms with Gasteiger partial charge in [-0.25, -0.2) is 0 Å². The van der Waals surface area contributed by atoms with E-state index in [-0.39, 0.29) is 11.4 Å². The lowest BCUT2D eigenvalue weighted by Gasteiger charge is -2.48. The second kappa shape index (κ2) is 11.0.